The predicted octanol–water partition coefficient (Wildman–Crippen LogP) is 3.02. The van der Waals surface area contributed by atoms with Crippen molar-refractivity contribution < 1.29 is 0 Å². The molecule has 1 aliphatic carbocycles. The van der Waals surface area contributed by atoms with Gasteiger partial charge in [-0.3, -0.25) is 0 Å². The van der Waals surface area contributed by atoms with E-state index in [0.29, 0.717) is 17.8 Å². The summed E-state index contributed by atoms with van der Waals surface area (Å²) in [6.45, 7) is 4.18. The van der Waals surface area contributed by atoms with Gasteiger partial charge in [-0.1, -0.05) is 39.5 Å². The van der Waals surface area contributed by atoms with Crippen molar-refractivity contribution in [2.45, 2.75) is 64.3 Å². The first-order valence-corrected chi connectivity index (χ1v) is 7.31. The van der Waals surface area contributed by atoms with Crippen LogP contribution >= 0.6 is 0 Å². The van der Waals surface area contributed by atoms with E-state index in [9.17, 15) is 0 Å². The molecule has 1 aromatic rings. The number of nitrogen functional groups attached to an aromatic ring is 1. The highest BCUT2D eigenvalue weighted by atomic mass is 15.3. The van der Waals surface area contributed by atoms with E-state index in [1.807, 2.05) is 6.07 Å². The maximum absolute atomic E-state index is 5.48. The number of nitrogens with two attached hydrogens (primary N) is 1. The number of aromatic nitrogens is 2. The molecule has 1 fully saturated rings. The lowest BCUT2D eigenvalue weighted by atomic mass is 10.1. The zero-order valence-electron chi connectivity index (χ0n) is 11.9. The molecule has 0 aromatic carbocycles. The Balaban J connectivity index is 2.11. The summed E-state index contributed by atoms with van der Waals surface area (Å²) < 4.78 is 0. The van der Waals surface area contributed by atoms with Crippen LogP contribution < -0.4 is 16.6 Å². The van der Waals surface area contributed by atoms with E-state index >= 15 is 0 Å². The molecule has 4 N–H and O–H groups in total. The summed E-state index contributed by atoms with van der Waals surface area (Å²) in [5.41, 5.74) is 2.62. The van der Waals surface area contributed by atoms with Crippen molar-refractivity contribution in [3.8, 4) is 0 Å². The Morgan fingerprint density at radius 1 is 1.11 bits per heavy atom. The zero-order valence-corrected chi connectivity index (χ0v) is 11.9. The first kappa shape index (κ1) is 14.1. The molecule has 1 aromatic heterocycles. The van der Waals surface area contributed by atoms with Crippen LogP contribution in [0.4, 0.5) is 11.6 Å². The monoisotopic (exact) mass is 263 g/mol. The van der Waals surface area contributed by atoms with E-state index in [1.165, 1.54) is 38.5 Å². The maximum Gasteiger partial charge on any atom is 0.145 e. The minimum Gasteiger partial charge on any atom is -0.367 e. The Morgan fingerprint density at radius 3 is 2.32 bits per heavy atom. The van der Waals surface area contributed by atoms with E-state index in [0.717, 1.165) is 11.6 Å². The maximum atomic E-state index is 5.48. The lowest BCUT2D eigenvalue weighted by Gasteiger charge is -2.18. The van der Waals surface area contributed by atoms with E-state index in [4.69, 9.17) is 5.84 Å². The molecule has 0 saturated heterocycles. The van der Waals surface area contributed by atoms with Crippen LogP contribution in [0, 0.1) is 0 Å². The molecule has 0 radical (unpaired) electrons. The SMILES string of the molecule is CC(C)c1nc(NN)cc(NC2CCCCCC2)n1. The van der Waals surface area contributed by atoms with Crippen molar-refractivity contribution in [1.82, 2.24) is 9.97 Å². The van der Waals surface area contributed by atoms with Gasteiger partial charge in [0.1, 0.15) is 17.5 Å². The quantitative estimate of drug-likeness (QED) is 0.442. The molecule has 2 rings (SSSR count). The standard InChI is InChI=1S/C14H25N5/c1-10(2)14-17-12(9-13(18-14)19-15)16-11-7-5-3-4-6-8-11/h9-11H,3-8,15H2,1-2H3,(H2,16,17,18,19). The van der Waals surface area contributed by atoms with Crippen LogP contribution in [0.25, 0.3) is 0 Å². The van der Waals surface area contributed by atoms with Gasteiger partial charge in [0.05, 0.1) is 0 Å². The second-order valence-corrected chi connectivity index (χ2v) is 5.63. The molecule has 0 bridgehead atoms. The minimum atomic E-state index is 0.294. The number of rotatable bonds is 4. The normalized spacial score (nSPS) is 17.3. The Bertz CT molecular complexity index is 397. The number of nitrogens with one attached hydrogen (secondary N) is 2. The molecule has 0 unspecified atom stereocenters. The number of hydrazine groups is 1. The van der Waals surface area contributed by atoms with Gasteiger partial charge in [0, 0.05) is 18.0 Å². The van der Waals surface area contributed by atoms with Crippen LogP contribution in [0.1, 0.15) is 64.1 Å². The van der Waals surface area contributed by atoms with Gasteiger partial charge in [0.25, 0.3) is 0 Å². The smallest absolute Gasteiger partial charge is 0.145 e. The molecular weight excluding hydrogens is 238 g/mol. The Hall–Kier alpha value is -1.36. The molecule has 106 valence electrons. The van der Waals surface area contributed by atoms with E-state index in [-0.39, 0.29) is 0 Å². The highest BCUT2D eigenvalue weighted by Gasteiger charge is 2.14. The average Bonchev–Trinajstić information content (AvgIpc) is 2.67. The molecule has 0 aliphatic heterocycles. The largest absolute Gasteiger partial charge is 0.367 e. The molecule has 19 heavy (non-hydrogen) atoms. The molecule has 1 heterocycles. The number of anilines is 2. The Morgan fingerprint density at radius 2 is 1.74 bits per heavy atom. The van der Waals surface area contributed by atoms with Crippen LogP contribution in [0.5, 0.6) is 0 Å². The third kappa shape index (κ3) is 4.06. The van der Waals surface area contributed by atoms with Crippen LogP contribution in [-0.2, 0) is 0 Å². The first-order valence-electron chi connectivity index (χ1n) is 7.31. The molecule has 0 spiro atoms. The topological polar surface area (TPSA) is 75.9 Å². The van der Waals surface area contributed by atoms with E-state index in [1.54, 1.807) is 0 Å². The molecule has 0 atom stereocenters. The summed E-state index contributed by atoms with van der Waals surface area (Å²) in [5, 5.41) is 3.54. The van der Waals surface area contributed by atoms with Gasteiger partial charge in [-0.15, -0.1) is 0 Å². The van der Waals surface area contributed by atoms with Gasteiger partial charge in [-0.25, -0.2) is 15.8 Å². The van der Waals surface area contributed by atoms with Crippen molar-refractivity contribution in [2.75, 3.05) is 10.7 Å². The van der Waals surface area contributed by atoms with Crippen LogP contribution in [-0.4, -0.2) is 16.0 Å². The van der Waals surface area contributed by atoms with Crippen molar-refractivity contribution >= 4 is 11.6 Å². The van der Waals surface area contributed by atoms with Crippen molar-refractivity contribution in [3.63, 3.8) is 0 Å². The molecule has 0 amide bonds. The Kier molecular flexibility index (Phi) is 4.96. The van der Waals surface area contributed by atoms with Gasteiger partial charge in [-0.2, -0.15) is 0 Å². The summed E-state index contributed by atoms with van der Waals surface area (Å²) in [5.74, 6) is 8.16. The van der Waals surface area contributed by atoms with Crippen LogP contribution in [0.2, 0.25) is 0 Å². The highest BCUT2D eigenvalue weighted by Crippen LogP contribution is 2.22. The fourth-order valence-corrected chi connectivity index (χ4v) is 2.50. The summed E-state index contributed by atoms with van der Waals surface area (Å²) in [7, 11) is 0. The zero-order chi connectivity index (χ0) is 13.7. The lowest BCUT2D eigenvalue weighted by Crippen LogP contribution is -2.20. The summed E-state index contributed by atoms with van der Waals surface area (Å²) >= 11 is 0. The summed E-state index contributed by atoms with van der Waals surface area (Å²) in [6, 6.07) is 2.42. The third-order valence-corrected chi connectivity index (χ3v) is 3.61. The first-order chi connectivity index (χ1) is 9.19. The second-order valence-electron chi connectivity index (χ2n) is 5.63. The third-order valence-electron chi connectivity index (χ3n) is 3.61. The fourth-order valence-electron chi connectivity index (χ4n) is 2.50. The van der Waals surface area contributed by atoms with E-state index < -0.39 is 0 Å². The van der Waals surface area contributed by atoms with Gasteiger partial charge in [-0.05, 0) is 12.8 Å². The number of nitrogens with zero attached hydrogens (tertiary/aromatic N) is 2. The molecule has 5 heteroatoms. The van der Waals surface area contributed by atoms with Crippen molar-refractivity contribution in [1.29, 1.82) is 0 Å². The second kappa shape index (κ2) is 6.70. The Labute approximate surface area is 115 Å². The van der Waals surface area contributed by atoms with E-state index in [2.05, 4.69) is 34.6 Å². The summed E-state index contributed by atoms with van der Waals surface area (Å²) in [4.78, 5) is 8.96. The molecule has 1 saturated carbocycles. The van der Waals surface area contributed by atoms with Crippen molar-refractivity contribution in [3.05, 3.63) is 11.9 Å². The fraction of sp³-hybridized carbons (Fsp3) is 0.714. The molecular formula is C14H25N5. The minimum absolute atomic E-state index is 0.294. The van der Waals surface area contributed by atoms with Gasteiger partial charge in [0.2, 0.25) is 0 Å². The van der Waals surface area contributed by atoms with Gasteiger partial charge in [0.15, 0.2) is 0 Å². The average molecular weight is 263 g/mol. The van der Waals surface area contributed by atoms with Crippen molar-refractivity contribution in [2.24, 2.45) is 5.84 Å². The number of hydrogen-bond donors (Lipinski definition) is 3. The predicted molar refractivity (Wildman–Crippen MR) is 79.0 cm³/mol. The molecule has 5 nitrogen and oxygen atoms in total. The van der Waals surface area contributed by atoms with Crippen LogP contribution in [0.3, 0.4) is 0 Å². The van der Waals surface area contributed by atoms with Gasteiger partial charge >= 0.3 is 0 Å². The van der Waals surface area contributed by atoms with Crippen LogP contribution in [0.15, 0.2) is 6.07 Å². The highest BCUT2D eigenvalue weighted by molar-refractivity contribution is 5.47. The molecule has 1 aliphatic rings. The van der Waals surface area contributed by atoms with Gasteiger partial charge < -0.3 is 10.7 Å². The number of hydrogen-bond acceptors (Lipinski definition) is 5. The summed E-state index contributed by atoms with van der Waals surface area (Å²) in [6.07, 6.45) is 7.78. The lowest BCUT2D eigenvalue weighted by molar-refractivity contribution is 0.616.